The van der Waals surface area contributed by atoms with Crippen LogP contribution in [0.15, 0.2) is 30.0 Å². The average Bonchev–Trinajstić information content (AvgIpc) is 2.63. The van der Waals surface area contributed by atoms with Gasteiger partial charge in [-0.15, -0.1) is 0 Å². The van der Waals surface area contributed by atoms with E-state index in [1.807, 2.05) is 11.0 Å². The van der Waals surface area contributed by atoms with E-state index in [0.717, 1.165) is 32.4 Å². The monoisotopic (exact) mass is 345 g/mol. The van der Waals surface area contributed by atoms with Gasteiger partial charge in [0.1, 0.15) is 23.1 Å². The summed E-state index contributed by atoms with van der Waals surface area (Å²) in [5.74, 6) is 0.628. The Labute approximate surface area is 150 Å². The van der Waals surface area contributed by atoms with Crippen molar-refractivity contribution in [1.29, 1.82) is 5.26 Å². The molecule has 0 spiro atoms. The van der Waals surface area contributed by atoms with Gasteiger partial charge in [0.25, 0.3) is 5.91 Å². The molecule has 0 aliphatic carbocycles. The van der Waals surface area contributed by atoms with Gasteiger partial charge >= 0.3 is 0 Å². The van der Waals surface area contributed by atoms with E-state index in [0.29, 0.717) is 17.2 Å². The Morgan fingerprint density at radius 1 is 1.24 bits per heavy atom. The summed E-state index contributed by atoms with van der Waals surface area (Å²) in [5.41, 5.74) is 0.526. The Morgan fingerprint density at radius 3 is 2.56 bits per heavy atom. The zero-order valence-electron chi connectivity index (χ0n) is 15.5. The predicted octanol–water partition coefficient (Wildman–Crippen LogP) is 3.56. The molecule has 0 aromatic heterocycles. The molecule has 0 aliphatic heterocycles. The zero-order chi connectivity index (χ0) is 18.7. The SMILES string of the molecule is CCCCN(/C=C(/C#N)C(=O)Nc1cc(OC)ccc1OC)CCC. The maximum Gasteiger partial charge on any atom is 0.267 e. The molecule has 0 saturated carbocycles. The molecule has 6 heteroatoms. The van der Waals surface area contributed by atoms with Crippen molar-refractivity contribution in [2.45, 2.75) is 33.1 Å². The van der Waals surface area contributed by atoms with Crippen LogP contribution in [0.3, 0.4) is 0 Å². The predicted molar refractivity (Wildman–Crippen MR) is 98.6 cm³/mol. The summed E-state index contributed by atoms with van der Waals surface area (Å²) in [6, 6.07) is 7.09. The van der Waals surface area contributed by atoms with Crippen LogP contribution in [0.5, 0.6) is 11.5 Å². The highest BCUT2D eigenvalue weighted by Crippen LogP contribution is 2.29. The Hall–Kier alpha value is -2.68. The standard InChI is InChI=1S/C19H27N3O3/c1-5-7-11-22(10-6-2)14-15(13-20)19(23)21-17-12-16(24-3)8-9-18(17)25-4/h8-9,12,14H,5-7,10-11H2,1-4H3,(H,21,23)/b15-14-. The summed E-state index contributed by atoms with van der Waals surface area (Å²) >= 11 is 0. The number of anilines is 1. The molecule has 0 atom stereocenters. The molecule has 1 amide bonds. The van der Waals surface area contributed by atoms with Crippen LogP contribution in [-0.4, -0.2) is 38.1 Å². The molecular weight excluding hydrogens is 318 g/mol. The molecule has 1 N–H and O–H groups in total. The number of unbranched alkanes of at least 4 members (excludes halogenated alkanes) is 1. The number of nitriles is 1. The van der Waals surface area contributed by atoms with Crippen molar-refractivity contribution in [3.63, 3.8) is 0 Å². The van der Waals surface area contributed by atoms with Crippen LogP contribution < -0.4 is 14.8 Å². The van der Waals surface area contributed by atoms with Gasteiger partial charge < -0.3 is 19.7 Å². The van der Waals surface area contributed by atoms with Gasteiger partial charge in [0.15, 0.2) is 0 Å². The van der Waals surface area contributed by atoms with Crippen LogP contribution in [0.25, 0.3) is 0 Å². The highest BCUT2D eigenvalue weighted by atomic mass is 16.5. The van der Waals surface area contributed by atoms with Gasteiger partial charge in [-0.25, -0.2) is 0 Å². The Kier molecular flexibility index (Phi) is 8.94. The normalized spacial score (nSPS) is 10.8. The molecule has 0 bridgehead atoms. The lowest BCUT2D eigenvalue weighted by Crippen LogP contribution is -2.23. The molecule has 0 heterocycles. The van der Waals surface area contributed by atoms with Crippen molar-refractivity contribution >= 4 is 11.6 Å². The van der Waals surface area contributed by atoms with E-state index in [-0.39, 0.29) is 5.57 Å². The zero-order valence-corrected chi connectivity index (χ0v) is 15.5. The van der Waals surface area contributed by atoms with Crippen molar-refractivity contribution in [1.82, 2.24) is 4.90 Å². The second-order valence-electron chi connectivity index (χ2n) is 5.56. The van der Waals surface area contributed by atoms with Gasteiger partial charge in [-0.05, 0) is 25.0 Å². The van der Waals surface area contributed by atoms with Crippen LogP contribution in [0.4, 0.5) is 5.69 Å². The third-order valence-electron chi connectivity index (χ3n) is 3.64. The molecule has 0 radical (unpaired) electrons. The van der Waals surface area contributed by atoms with E-state index in [1.54, 1.807) is 31.5 Å². The summed E-state index contributed by atoms with van der Waals surface area (Å²) in [5, 5.41) is 12.1. The van der Waals surface area contributed by atoms with E-state index in [2.05, 4.69) is 19.2 Å². The fourth-order valence-corrected chi connectivity index (χ4v) is 2.31. The first-order valence-corrected chi connectivity index (χ1v) is 8.48. The minimum absolute atomic E-state index is 0.0643. The number of methoxy groups -OCH3 is 2. The quantitative estimate of drug-likeness (QED) is 0.518. The fraction of sp³-hybridized carbons (Fsp3) is 0.474. The number of hydrogen-bond acceptors (Lipinski definition) is 5. The Bertz CT molecular complexity index is 635. The molecule has 1 aromatic carbocycles. The molecule has 0 unspecified atom stereocenters. The second kappa shape index (κ2) is 11.0. The van der Waals surface area contributed by atoms with E-state index in [4.69, 9.17) is 9.47 Å². The lowest BCUT2D eigenvalue weighted by atomic mass is 10.2. The van der Waals surface area contributed by atoms with Crippen molar-refractivity contribution in [2.24, 2.45) is 0 Å². The van der Waals surface area contributed by atoms with Gasteiger partial charge in [0.05, 0.1) is 19.9 Å². The molecule has 136 valence electrons. The molecule has 1 aromatic rings. The topological polar surface area (TPSA) is 74.6 Å². The van der Waals surface area contributed by atoms with Crippen LogP contribution in [0.2, 0.25) is 0 Å². The fourth-order valence-electron chi connectivity index (χ4n) is 2.31. The maximum absolute atomic E-state index is 12.5. The van der Waals surface area contributed by atoms with Gasteiger partial charge in [-0.2, -0.15) is 5.26 Å². The minimum atomic E-state index is -0.466. The number of benzene rings is 1. The largest absolute Gasteiger partial charge is 0.497 e. The first-order chi connectivity index (χ1) is 12.1. The Balaban J connectivity index is 2.98. The van der Waals surface area contributed by atoms with Gasteiger partial charge in [0.2, 0.25) is 0 Å². The third-order valence-corrected chi connectivity index (χ3v) is 3.64. The minimum Gasteiger partial charge on any atom is -0.497 e. The number of nitrogens with zero attached hydrogens (tertiary/aromatic N) is 2. The van der Waals surface area contributed by atoms with E-state index in [1.165, 1.54) is 7.11 Å². The number of nitrogens with one attached hydrogen (secondary N) is 1. The van der Waals surface area contributed by atoms with Gasteiger partial charge in [-0.3, -0.25) is 4.79 Å². The van der Waals surface area contributed by atoms with Crippen molar-refractivity contribution in [3.8, 4) is 17.6 Å². The van der Waals surface area contributed by atoms with Gasteiger partial charge in [-0.1, -0.05) is 20.3 Å². The molecule has 0 aliphatic rings. The summed E-state index contributed by atoms with van der Waals surface area (Å²) in [6.45, 7) is 5.81. The lowest BCUT2D eigenvalue weighted by Gasteiger charge is -2.20. The molecule has 0 fully saturated rings. The van der Waals surface area contributed by atoms with E-state index < -0.39 is 5.91 Å². The average molecular weight is 345 g/mol. The molecule has 0 saturated heterocycles. The molecule has 1 rings (SSSR count). The van der Waals surface area contributed by atoms with Crippen molar-refractivity contribution < 1.29 is 14.3 Å². The van der Waals surface area contributed by atoms with Crippen LogP contribution in [0, 0.1) is 11.3 Å². The van der Waals surface area contributed by atoms with Gasteiger partial charge in [0, 0.05) is 25.4 Å². The highest BCUT2D eigenvalue weighted by molar-refractivity contribution is 6.07. The number of rotatable bonds is 10. The smallest absolute Gasteiger partial charge is 0.267 e. The maximum atomic E-state index is 12.5. The number of amides is 1. The summed E-state index contributed by atoms with van der Waals surface area (Å²) in [4.78, 5) is 14.5. The molecule has 6 nitrogen and oxygen atoms in total. The lowest BCUT2D eigenvalue weighted by molar-refractivity contribution is -0.112. The molecule has 25 heavy (non-hydrogen) atoms. The number of carbonyl (C=O) groups is 1. The number of ether oxygens (including phenoxy) is 2. The van der Waals surface area contributed by atoms with Crippen molar-refractivity contribution in [2.75, 3.05) is 32.6 Å². The van der Waals surface area contributed by atoms with E-state index >= 15 is 0 Å². The molecular formula is C19H27N3O3. The van der Waals surface area contributed by atoms with Crippen molar-refractivity contribution in [3.05, 3.63) is 30.0 Å². The number of carbonyl (C=O) groups excluding carboxylic acids is 1. The Morgan fingerprint density at radius 2 is 2.00 bits per heavy atom. The number of hydrogen-bond donors (Lipinski definition) is 1. The van der Waals surface area contributed by atoms with E-state index in [9.17, 15) is 10.1 Å². The van der Waals surface area contributed by atoms with Crippen LogP contribution in [-0.2, 0) is 4.79 Å². The first-order valence-electron chi connectivity index (χ1n) is 8.48. The summed E-state index contributed by atoms with van der Waals surface area (Å²) in [7, 11) is 3.07. The van der Waals surface area contributed by atoms with Crippen LogP contribution in [0.1, 0.15) is 33.1 Å². The summed E-state index contributed by atoms with van der Waals surface area (Å²) in [6.07, 6.45) is 4.66. The summed E-state index contributed by atoms with van der Waals surface area (Å²) < 4.78 is 10.4. The third kappa shape index (κ3) is 6.38. The highest BCUT2D eigenvalue weighted by Gasteiger charge is 2.14. The second-order valence-corrected chi connectivity index (χ2v) is 5.56. The first kappa shape index (κ1) is 20.4. The van der Waals surface area contributed by atoms with Crippen LogP contribution >= 0.6 is 0 Å².